The number of likely N-dealkylation sites (tertiary alicyclic amines) is 1. The van der Waals surface area contributed by atoms with Gasteiger partial charge in [-0.05, 0) is 37.1 Å². The Morgan fingerprint density at radius 2 is 1.77 bits per heavy atom. The molecule has 0 spiro atoms. The summed E-state index contributed by atoms with van der Waals surface area (Å²) in [5.41, 5.74) is 1.93. The largest absolute Gasteiger partial charge is 0.382 e. The van der Waals surface area contributed by atoms with E-state index in [0.29, 0.717) is 11.4 Å². The molecule has 0 saturated carbocycles. The smallest absolute Gasteiger partial charge is 0.258 e. The van der Waals surface area contributed by atoms with Crippen LogP contribution in [0.1, 0.15) is 18.7 Å². The number of hydrogen-bond donors (Lipinski definition) is 2. The van der Waals surface area contributed by atoms with Gasteiger partial charge in [0.05, 0.1) is 10.9 Å². The summed E-state index contributed by atoms with van der Waals surface area (Å²) >= 11 is 0. The van der Waals surface area contributed by atoms with E-state index in [9.17, 15) is 4.79 Å². The van der Waals surface area contributed by atoms with Crippen LogP contribution in [0.5, 0.6) is 0 Å². The van der Waals surface area contributed by atoms with Gasteiger partial charge in [-0.2, -0.15) is 0 Å². The Morgan fingerprint density at radius 1 is 1.04 bits per heavy atom. The number of H-pyrrole nitrogens is 1. The number of hydrogen-bond acceptors (Lipinski definition) is 4. The van der Waals surface area contributed by atoms with Gasteiger partial charge in [0, 0.05) is 37.8 Å². The number of aromatic nitrogens is 2. The maximum absolute atomic E-state index is 12.1. The van der Waals surface area contributed by atoms with Gasteiger partial charge < -0.3 is 15.2 Å². The van der Waals surface area contributed by atoms with E-state index < -0.39 is 0 Å². The molecule has 1 aliphatic rings. The number of nitrogens with one attached hydrogen (secondary N) is 2. The van der Waals surface area contributed by atoms with Crippen molar-refractivity contribution < 1.29 is 0 Å². The Morgan fingerprint density at radius 3 is 2.58 bits per heavy atom. The highest BCUT2D eigenvalue weighted by molar-refractivity contribution is 5.77. The molecule has 1 aromatic heterocycles. The fourth-order valence-electron chi connectivity index (χ4n) is 3.59. The quantitative estimate of drug-likeness (QED) is 0.744. The molecule has 0 radical (unpaired) electrons. The standard InChI is InChI=1S/C21H24N4O/c26-21-18-8-4-5-9-19(18)23-20(24-21)12-15-25-13-10-17(11-14-25)22-16-6-2-1-3-7-16/h1-9,17,22H,10-15H2,(H,23,24,26). The third-order valence-corrected chi connectivity index (χ3v) is 5.06. The molecule has 1 aliphatic heterocycles. The molecule has 0 aliphatic carbocycles. The van der Waals surface area contributed by atoms with Crippen molar-refractivity contribution in [2.75, 3.05) is 25.0 Å². The van der Waals surface area contributed by atoms with E-state index in [1.807, 2.05) is 30.3 Å². The predicted octanol–water partition coefficient (Wildman–Crippen LogP) is 3.04. The number of anilines is 1. The molecule has 0 atom stereocenters. The normalized spacial score (nSPS) is 16.0. The summed E-state index contributed by atoms with van der Waals surface area (Å²) in [5.74, 6) is 0.776. The summed E-state index contributed by atoms with van der Waals surface area (Å²) in [6.07, 6.45) is 3.05. The van der Waals surface area contributed by atoms with Gasteiger partial charge in [-0.1, -0.05) is 30.3 Å². The molecule has 26 heavy (non-hydrogen) atoms. The average Bonchev–Trinajstić information content (AvgIpc) is 2.68. The third kappa shape index (κ3) is 3.94. The number of para-hydroxylation sites is 2. The van der Waals surface area contributed by atoms with Crippen LogP contribution in [0.25, 0.3) is 10.9 Å². The Balaban J connectivity index is 1.30. The predicted molar refractivity (Wildman–Crippen MR) is 106 cm³/mol. The number of benzene rings is 2. The average molecular weight is 348 g/mol. The minimum Gasteiger partial charge on any atom is -0.382 e. The molecule has 5 heteroatoms. The fourth-order valence-corrected chi connectivity index (χ4v) is 3.59. The summed E-state index contributed by atoms with van der Waals surface area (Å²) in [4.78, 5) is 22.1. The molecule has 0 unspecified atom stereocenters. The molecule has 2 N–H and O–H groups in total. The molecule has 0 amide bonds. The molecule has 2 heterocycles. The highest BCUT2D eigenvalue weighted by Crippen LogP contribution is 2.16. The molecule has 5 nitrogen and oxygen atoms in total. The first-order chi connectivity index (χ1) is 12.8. The Labute approximate surface area is 153 Å². The lowest BCUT2D eigenvalue weighted by Crippen LogP contribution is -2.40. The van der Waals surface area contributed by atoms with Crippen LogP contribution < -0.4 is 10.9 Å². The first-order valence-electron chi connectivity index (χ1n) is 9.30. The maximum Gasteiger partial charge on any atom is 0.258 e. The lowest BCUT2D eigenvalue weighted by Gasteiger charge is -2.32. The van der Waals surface area contributed by atoms with Crippen LogP contribution in [0.4, 0.5) is 5.69 Å². The second-order valence-corrected chi connectivity index (χ2v) is 6.91. The van der Waals surface area contributed by atoms with Crippen LogP contribution in [0.2, 0.25) is 0 Å². The zero-order chi connectivity index (χ0) is 17.8. The van der Waals surface area contributed by atoms with Gasteiger partial charge in [0.25, 0.3) is 5.56 Å². The van der Waals surface area contributed by atoms with E-state index >= 15 is 0 Å². The van der Waals surface area contributed by atoms with Crippen molar-refractivity contribution in [1.82, 2.24) is 14.9 Å². The van der Waals surface area contributed by atoms with Gasteiger partial charge in [0.1, 0.15) is 5.82 Å². The van der Waals surface area contributed by atoms with Crippen molar-refractivity contribution in [2.24, 2.45) is 0 Å². The van der Waals surface area contributed by atoms with E-state index in [1.54, 1.807) is 0 Å². The van der Waals surface area contributed by atoms with Crippen LogP contribution >= 0.6 is 0 Å². The van der Waals surface area contributed by atoms with E-state index in [4.69, 9.17) is 0 Å². The van der Waals surface area contributed by atoms with Crippen molar-refractivity contribution >= 4 is 16.6 Å². The minimum atomic E-state index is -0.0450. The third-order valence-electron chi connectivity index (χ3n) is 5.06. The molecule has 3 aromatic rings. The van der Waals surface area contributed by atoms with Gasteiger partial charge in [0.15, 0.2) is 0 Å². The molecular weight excluding hydrogens is 324 g/mol. The Hall–Kier alpha value is -2.66. The molecule has 1 fully saturated rings. The lowest BCUT2D eigenvalue weighted by atomic mass is 10.0. The molecule has 2 aromatic carbocycles. The second-order valence-electron chi connectivity index (χ2n) is 6.91. The zero-order valence-electron chi connectivity index (χ0n) is 14.8. The maximum atomic E-state index is 12.1. The van der Waals surface area contributed by atoms with Crippen molar-refractivity contribution in [2.45, 2.75) is 25.3 Å². The number of rotatable bonds is 5. The Kier molecular flexibility index (Phi) is 4.97. The van der Waals surface area contributed by atoms with Gasteiger partial charge in [-0.15, -0.1) is 0 Å². The molecular formula is C21H24N4O. The highest BCUT2D eigenvalue weighted by Gasteiger charge is 2.19. The number of aromatic amines is 1. The van der Waals surface area contributed by atoms with Gasteiger partial charge in [-0.25, -0.2) is 4.98 Å². The first-order valence-corrected chi connectivity index (χ1v) is 9.30. The highest BCUT2D eigenvalue weighted by atomic mass is 16.1. The number of nitrogens with zero attached hydrogens (tertiary/aromatic N) is 2. The van der Waals surface area contributed by atoms with Gasteiger partial charge in [-0.3, -0.25) is 4.79 Å². The first kappa shape index (κ1) is 16.8. The summed E-state index contributed by atoms with van der Waals surface area (Å²) < 4.78 is 0. The van der Waals surface area contributed by atoms with Crippen molar-refractivity contribution in [3.63, 3.8) is 0 Å². The van der Waals surface area contributed by atoms with Crippen LogP contribution in [0, 0.1) is 0 Å². The summed E-state index contributed by atoms with van der Waals surface area (Å²) in [5, 5.41) is 4.27. The van der Waals surface area contributed by atoms with Gasteiger partial charge >= 0.3 is 0 Å². The summed E-state index contributed by atoms with van der Waals surface area (Å²) in [6, 6.07) is 18.4. The van der Waals surface area contributed by atoms with E-state index in [2.05, 4.69) is 44.5 Å². The second kappa shape index (κ2) is 7.70. The van der Waals surface area contributed by atoms with E-state index in [0.717, 1.165) is 50.2 Å². The fraction of sp³-hybridized carbons (Fsp3) is 0.333. The van der Waals surface area contributed by atoms with Crippen molar-refractivity contribution in [1.29, 1.82) is 0 Å². The zero-order valence-corrected chi connectivity index (χ0v) is 14.8. The van der Waals surface area contributed by atoms with Crippen LogP contribution in [0.15, 0.2) is 59.4 Å². The monoisotopic (exact) mass is 348 g/mol. The number of piperidine rings is 1. The van der Waals surface area contributed by atoms with Crippen LogP contribution in [-0.4, -0.2) is 40.5 Å². The van der Waals surface area contributed by atoms with Crippen LogP contribution in [0.3, 0.4) is 0 Å². The van der Waals surface area contributed by atoms with Crippen LogP contribution in [-0.2, 0) is 6.42 Å². The summed E-state index contributed by atoms with van der Waals surface area (Å²) in [6.45, 7) is 3.07. The number of fused-ring (bicyclic) bond motifs is 1. The van der Waals surface area contributed by atoms with Gasteiger partial charge in [0.2, 0.25) is 0 Å². The summed E-state index contributed by atoms with van der Waals surface area (Å²) in [7, 11) is 0. The Bertz CT molecular complexity index is 914. The SMILES string of the molecule is O=c1[nH]c(CCN2CCC(Nc3ccccc3)CC2)nc2ccccc12. The topological polar surface area (TPSA) is 61.0 Å². The van der Waals surface area contributed by atoms with E-state index in [1.165, 1.54) is 5.69 Å². The van der Waals surface area contributed by atoms with Crippen molar-refractivity contribution in [3.8, 4) is 0 Å². The molecule has 134 valence electrons. The molecule has 1 saturated heterocycles. The minimum absolute atomic E-state index is 0.0450. The van der Waals surface area contributed by atoms with Crippen molar-refractivity contribution in [3.05, 3.63) is 70.8 Å². The lowest BCUT2D eigenvalue weighted by molar-refractivity contribution is 0.220. The molecule has 0 bridgehead atoms. The van der Waals surface area contributed by atoms with E-state index in [-0.39, 0.29) is 5.56 Å². The molecule has 4 rings (SSSR count).